The Kier molecular flexibility index (Phi) is 4.40. The minimum atomic E-state index is -0.102. The zero-order valence-corrected chi connectivity index (χ0v) is 14.8. The largest absolute Gasteiger partial charge is 0.382 e. The summed E-state index contributed by atoms with van der Waals surface area (Å²) in [5, 5.41) is 1.11. The Balaban J connectivity index is 0.00000169. The van der Waals surface area contributed by atoms with Crippen LogP contribution in [0, 0.1) is 0 Å². The number of hydrogen-bond acceptors (Lipinski definition) is 4. The molecule has 2 heterocycles. The first-order valence-corrected chi connectivity index (χ1v) is 8.43. The van der Waals surface area contributed by atoms with E-state index in [9.17, 15) is 0 Å². The van der Waals surface area contributed by atoms with E-state index < -0.39 is 0 Å². The number of para-hydroxylation sites is 1. The highest BCUT2D eigenvalue weighted by molar-refractivity contribution is 6.06. The number of nitrogen functional groups attached to an aromatic ring is 1. The van der Waals surface area contributed by atoms with Gasteiger partial charge in [0.15, 0.2) is 5.82 Å². The van der Waals surface area contributed by atoms with Crippen molar-refractivity contribution in [1.29, 1.82) is 0 Å². The van der Waals surface area contributed by atoms with Crippen molar-refractivity contribution in [1.82, 2.24) is 14.5 Å². The molecule has 24 heavy (non-hydrogen) atoms. The lowest BCUT2D eigenvalue weighted by molar-refractivity contribution is 0.215. The van der Waals surface area contributed by atoms with Crippen LogP contribution in [0.2, 0.25) is 0 Å². The van der Waals surface area contributed by atoms with Crippen LogP contribution in [-0.2, 0) is 13.0 Å². The molecule has 3 aromatic rings. The molecule has 0 atom stereocenters. The minimum absolute atomic E-state index is 0. The highest BCUT2D eigenvalue weighted by atomic mass is 35.5. The summed E-state index contributed by atoms with van der Waals surface area (Å²) in [4.78, 5) is 9.33. The van der Waals surface area contributed by atoms with E-state index in [-0.39, 0.29) is 17.9 Å². The van der Waals surface area contributed by atoms with E-state index in [0.717, 1.165) is 60.0 Å². The van der Waals surface area contributed by atoms with Gasteiger partial charge in [0.1, 0.15) is 11.3 Å². The predicted octanol–water partition coefficient (Wildman–Crippen LogP) is 3.42. The maximum Gasteiger partial charge on any atom is 0.152 e. The lowest BCUT2D eigenvalue weighted by Gasteiger charge is -2.39. The van der Waals surface area contributed by atoms with Gasteiger partial charge < -0.3 is 16.0 Å². The lowest BCUT2D eigenvalue weighted by Crippen LogP contribution is -2.50. The zero-order chi connectivity index (χ0) is 16.0. The second-order valence-corrected chi connectivity index (χ2v) is 6.79. The van der Waals surface area contributed by atoms with E-state index in [0.29, 0.717) is 5.82 Å². The fourth-order valence-electron chi connectivity index (χ4n) is 3.59. The van der Waals surface area contributed by atoms with E-state index >= 15 is 0 Å². The number of hydrogen-bond donors (Lipinski definition) is 2. The van der Waals surface area contributed by atoms with Crippen LogP contribution in [0.1, 0.15) is 38.4 Å². The smallest absolute Gasteiger partial charge is 0.152 e. The van der Waals surface area contributed by atoms with Crippen molar-refractivity contribution < 1.29 is 0 Å². The van der Waals surface area contributed by atoms with E-state index in [1.807, 2.05) is 18.2 Å². The topological polar surface area (TPSA) is 82.8 Å². The highest BCUT2D eigenvalue weighted by Crippen LogP contribution is 2.35. The molecule has 0 aliphatic heterocycles. The summed E-state index contributed by atoms with van der Waals surface area (Å²) in [5.41, 5.74) is 15.5. The number of aromatic nitrogens is 3. The number of fused-ring (bicyclic) bond motifs is 3. The van der Waals surface area contributed by atoms with Crippen molar-refractivity contribution in [3.63, 3.8) is 0 Å². The summed E-state index contributed by atoms with van der Waals surface area (Å²) >= 11 is 0. The number of benzene rings is 1. The van der Waals surface area contributed by atoms with E-state index in [2.05, 4.69) is 22.5 Å². The third-order valence-electron chi connectivity index (χ3n) is 4.99. The molecule has 0 bridgehead atoms. The zero-order valence-electron chi connectivity index (χ0n) is 14.0. The molecule has 1 fully saturated rings. The highest BCUT2D eigenvalue weighted by Gasteiger charge is 2.34. The Labute approximate surface area is 147 Å². The molecule has 0 spiro atoms. The molecule has 2 aromatic heterocycles. The van der Waals surface area contributed by atoms with Gasteiger partial charge in [-0.3, -0.25) is 0 Å². The van der Waals surface area contributed by atoms with Gasteiger partial charge in [0.25, 0.3) is 0 Å². The SMILES string of the molecule is CCCc1nc2c(N)nc3ccccc3c2n1CC1(N)CCC1.Cl. The molecule has 1 aromatic carbocycles. The summed E-state index contributed by atoms with van der Waals surface area (Å²) in [6, 6.07) is 8.13. The molecule has 6 heteroatoms. The average molecular weight is 346 g/mol. The number of imidazole rings is 1. The van der Waals surface area contributed by atoms with Crippen LogP contribution in [-0.4, -0.2) is 20.1 Å². The van der Waals surface area contributed by atoms with Gasteiger partial charge in [0.05, 0.1) is 11.0 Å². The van der Waals surface area contributed by atoms with Crippen molar-refractivity contribution in [2.24, 2.45) is 5.73 Å². The molecule has 0 amide bonds. The normalized spacial score (nSPS) is 16.1. The molecule has 1 saturated carbocycles. The summed E-state index contributed by atoms with van der Waals surface area (Å²) in [6.45, 7) is 2.98. The molecule has 4 N–H and O–H groups in total. The number of anilines is 1. The third kappa shape index (κ3) is 2.62. The average Bonchev–Trinajstić information content (AvgIpc) is 2.86. The van der Waals surface area contributed by atoms with E-state index in [1.165, 1.54) is 6.42 Å². The monoisotopic (exact) mass is 345 g/mol. The van der Waals surface area contributed by atoms with Crippen LogP contribution >= 0.6 is 12.4 Å². The van der Waals surface area contributed by atoms with Crippen LogP contribution in [0.4, 0.5) is 5.82 Å². The number of aryl methyl sites for hydroxylation is 1. The number of pyridine rings is 1. The van der Waals surface area contributed by atoms with Crippen molar-refractivity contribution >= 4 is 40.2 Å². The number of nitrogens with two attached hydrogens (primary N) is 2. The van der Waals surface area contributed by atoms with Gasteiger partial charge in [-0.2, -0.15) is 0 Å². The Morgan fingerprint density at radius 1 is 1.21 bits per heavy atom. The van der Waals surface area contributed by atoms with Gasteiger partial charge in [-0.1, -0.05) is 25.1 Å². The summed E-state index contributed by atoms with van der Waals surface area (Å²) in [7, 11) is 0. The quantitative estimate of drug-likeness (QED) is 0.759. The van der Waals surface area contributed by atoms with Crippen LogP contribution < -0.4 is 11.5 Å². The fraction of sp³-hybridized carbons (Fsp3) is 0.444. The van der Waals surface area contributed by atoms with E-state index in [1.54, 1.807) is 0 Å². The fourth-order valence-corrected chi connectivity index (χ4v) is 3.59. The third-order valence-corrected chi connectivity index (χ3v) is 4.99. The number of rotatable bonds is 4. The number of nitrogens with zero attached hydrogens (tertiary/aromatic N) is 3. The Hall–Kier alpha value is -1.85. The molecule has 0 unspecified atom stereocenters. The maximum atomic E-state index is 6.54. The predicted molar refractivity (Wildman–Crippen MR) is 101 cm³/mol. The second kappa shape index (κ2) is 6.22. The molecular formula is C18H24ClN5. The van der Waals surface area contributed by atoms with Crippen molar-refractivity contribution in [2.45, 2.75) is 51.1 Å². The van der Waals surface area contributed by atoms with Gasteiger partial charge in [-0.15, -0.1) is 12.4 Å². The van der Waals surface area contributed by atoms with Crippen molar-refractivity contribution in [3.8, 4) is 0 Å². The molecule has 4 rings (SSSR count). The van der Waals surface area contributed by atoms with Gasteiger partial charge in [-0.25, -0.2) is 9.97 Å². The van der Waals surface area contributed by atoms with Crippen LogP contribution in [0.5, 0.6) is 0 Å². The first kappa shape index (κ1) is 17.0. The first-order valence-electron chi connectivity index (χ1n) is 8.43. The molecule has 1 aliphatic carbocycles. The number of halogens is 1. The van der Waals surface area contributed by atoms with Gasteiger partial charge in [-0.05, 0) is 31.7 Å². The van der Waals surface area contributed by atoms with Crippen LogP contribution in [0.15, 0.2) is 24.3 Å². The summed E-state index contributed by atoms with van der Waals surface area (Å²) in [5.74, 6) is 1.58. The summed E-state index contributed by atoms with van der Waals surface area (Å²) in [6.07, 6.45) is 5.36. The Morgan fingerprint density at radius 3 is 2.62 bits per heavy atom. The Morgan fingerprint density at radius 2 is 1.96 bits per heavy atom. The van der Waals surface area contributed by atoms with E-state index in [4.69, 9.17) is 16.5 Å². The van der Waals surface area contributed by atoms with Crippen LogP contribution in [0.25, 0.3) is 21.9 Å². The second-order valence-electron chi connectivity index (χ2n) is 6.79. The molecule has 128 valence electrons. The molecule has 5 nitrogen and oxygen atoms in total. The van der Waals surface area contributed by atoms with Crippen molar-refractivity contribution in [2.75, 3.05) is 5.73 Å². The molecule has 0 saturated heterocycles. The van der Waals surface area contributed by atoms with Gasteiger partial charge in [0.2, 0.25) is 0 Å². The first-order chi connectivity index (χ1) is 11.1. The lowest BCUT2D eigenvalue weighted by atomic mass is 9.77. The maximum absolute atomic E-state index is 6.54. The van der Waals surface area contributed by atoms with Crippen LogP contribution in [0.3, 0.4) is 0 Å². The standard InChI is InChI=1S/C18H23N5.ClH/c1-2-6-14-22-15-16(23(14)11-18(20)9-5-10-18)12-7-3-4-8-13(12)21-17(15)19;/h3-4,7-8H,2,5-6,9-11,20H2,1H3,(H2,19,21);1H. The van der Waals surface area contributed by atoms with Gasteiger partial charge >= 0.3 is 0 Å². The van der Waals surface area contributed by atoms with Crippen molar-refractivity contribution in [3.05, 3.63) is 30.1 Å². The van der Waals surface area contributed by atoms with Gasteiger partial charge in [0, 0.05) is 23.9 Å². The molecule has 0 radical (unpaired) electrons. The molecule has 1 aliphatic rings. The minimum Gasteiger partial charge on any atom is -0.382 e. The Bertz CT molecular complexity index is 882. The summed E-state index contributed by atoms with van der Waals surface area (Å²) < 4.78 is 2.30. The molecular weight excluding hydrogens is 322 g/mol.